The van der Waals surface area contributed by atoms with Crippen molar-refractivity contribution < 1.29 is 0 Å². The molecule has 0 fully saturated rings. The Labute approximate surface area is 335 Å². The van der Waals surface area contributed by atoms with E-state index in [9.17, 15) is 0 Å². The fraction of sp³-hybridized carbons (Fsp3) is 0. The second-order valence-electron chi connectivity index (χ2n) is 14.5. The molecule has 57 heavy (non-hydrogen) atoms. The molecule has 0 atom stereocenters. The standard InChI is InChI=1S/C54H34N2S/c1-3-14-35(15-4-1)44-27-28-47(46-22-10-9-21-45(44)46)51-34-50(55-54(56-51)37-17-5-2-6-18-37)41-31-39(30-40(32-41)43-24-13-19-36-16-7-8-20-42(36)43)38-26-29-53-49(33-38)48-23-11-12-25-52(48)57-53/h1-34H. The highest BCUT2D eigenvalue weighted by Gasteiger charge is 2.17. The fourth-order valence-electron chi connectivity index (χ4n) is 8.32. The first-order valence-corrected chi connectivity index (χ1v) is 20.1. The van der Waals surface area contributed by atoms with Crippen LogP contribution in [0.5, 0.6) is 0 Å². The maximum absolute atomic E-state index is 5.35. The Kier molecular flexibility index (Phi) is 8.04. The van der Waals surface area contributed by atoms with Crippen LogP contribution in [0.2, 0.25) is 0 Å². The van der Waals surface area contributed by atoms with Crippen molar-refractivity contribution in [2.24, 2.45) is 0 Å². The molecule has 266 valence electrons. The smallest absolute Gasteiger partial charge is 0.160 e. The van der Waals surface area contributed by atoms with E-state index < -0.39 is 0 Å². The predicted molar refractivity (Wildman–Crippen MR) is 243 cm³/mol. The van der Waals surface area contributed by atoms with Crippen molar-refractivity contribution in [3.8, 4) is 67.3 Å². The molecule has 2 heterocycles. The monoisotopic (exact) mass is 742 g/mol. The predicted octanol–water partition coefficient (Wildman–Crippen LogP) is 15.2. The molecule has 0 aliphatic heterocycles. The zero-order valence-corrected chi connectivity index (χ0v) is 31.7. The van der Waals surface area contributed by atoms with E-state index in [4.69, 9.17) is 9.97 Å². The van der Waals surface area contributed by atoms with Crippen LogP contribution in [-0.2, 0) is 0 Å². The van der Waals surface area contributed by atoms with E-state index in [1.54, 1.807) is 0 Å². The summed E-state index contributed by atoms with van der Waals surface area (Å²) in [5.41, 5.74) is 11.9. The molecule has 9 aromatic carbocycles. The van der Waals surface area contributed by atoms with E-state index in [0.717, 1.165) is 44.6 Å². The fourth-order valence-corrected chi connectivity index (χ4v) is 9.41. The summed E-state index contributed by atoms with van der Waals surface area (Å²) in [5.74, 6) is 0.697. The molecule has 0 amide bonds. The second kappa shape index (κ2) is 13.8. The van der Waals surface area contributed by atoms with E-state index in [1.807, 2.05) is 17.4 Å². The Balaban J connectivity index is 1.16. The number of rotatable bonds is 6. The Bertz CT molecular complexity index is 3290. The first-order valence-electron chi connectivity index (χ1n) is 19.3. The lowest BCUT2D eigenvalue weighted by Crippen LogP contribution is -1.97. The molecular formula is C54H34N2S. The van der Waals surface area contributed by atoms with Crippen LogP contribution < -0.4 is 0 Å². The lowest BCUT2D eigenvalue weighted by atomic mass is 9.91. The van der Waals surface area contributed by atoms with Gasteiger partial charge in [0, 0.05) is 36.9 Å². The van der Waals surface area contributed by atoms with Gasteiger partial charge < -0.3 is 0 Å². The molecular weight excluding hydrogens is 709 g/mol. The van der Waals surface area contributed by atoms with Crippen LogP contribution in [0, 0.1) is 0 Å². The molecule has 0 saturated carbocycles. The number of benzene rings is 9. The van der Waals surface area contributed by atoms with Crippen LogP contribution in [0.15, 0.2) is 206 Å². The lowest BCUT2D eigenvalue weighted by Gasteiger charge is -2.16. The molecule has 0 saturated heterocycles. The van der Waals surface area contributed by atoms with Crippen LogP contribution in [-0.4, -0.2) is 9.97 Å². The van der Waals surface area contributed by atoms with Gasteiger partial charge in [0.05, 0.1) is 11.4 Å². The average Bonchev–Trinajstić information content (AvgIpc) is 3.67. The van der Waals surface area contributed by atoms with Crippen molar-refractivity contribution in [3.63, 3.8) is 0 Å². The number of hydrogen-bond acceptors (Lipinski definition) is 3. The molecule has 11 aromatic rings. The number of nitrogens with zero attached hydrogens (tertiary/aromatic N) is 2. The van der Waals surface area contributed by atoms with E-state index >= 15 is 0 Å². The number of hydrogen-bond donors (Lipinski definition) is 0. The highest BCUT2D eigenvalue weighted by molar-refractivity contribution is 7.25. The second-order valence-corrected chi connectivity index (χ2v) is 15.6. The van der Waals surface area contributed by atoms with Gasteiger partial charge in [-0.15, -0.1) is 11.3 Å². The van der Waals surface area contributed by atoms with Gasteiger partial charge in [-0.05, 0) is 97.4 Å². The number of fused-ring (bicyclic) bond motifs is 5. The lowest BCUT2D eigenvalue weighted by molar-refractivity contribution is 1.18. The van der Waals surface area contributed by atoms with Gasteiger partial charge in [0.15, 0.2) is 5.82 Å². The van der Waals surface area contributed by atoms with E-state index in [2.05, 4.69) is 200 Å². The number of thiophene rings is 1. The molecule has 3 heteroatoms. The zero-order valence-electron chi connectivity index (χ0n) is 30.9. The maximum atomic E-state index is 5.35. The molecule has 0 aliphatic carbocycles. The van der Waals surface area contributed by atoms with Gasteiger partial charge in [0.25, 0.3) is 0 Å². The summed E-state index contributed by atoms with van der Waals surface area (Å²) in [5, 5.41) is 7.37. The van der Waals surface area contributed by atoms with Gasteiger partial charge in [-0.3, -0.25) is 0 Å². The van der Waals surface area contributed by atoms with Crippen LogP contribution in [0.3, 0.4) is 0 Å². The largest absolute Gasteiger partial charge is 0.228 e. The molecule has 0 radical (unpaired) electrons. The quantitative estimate of drug-likeness (QED) is 0.170. The third-order valence-corrected chi connectivity index (χ3v) is 12.2. The maximum Gasteiger partial charge on any atom is 0.160 e. The first kappa shape index (κ1) is 33.2. The van der Waals surface area contributed by atoms with E-state index in [1.165, 1.54) is 58.6 Å². The minimum atomic E-state index is 0.697. The van der Waals surface area contributed by atoms with E-state index in [-0.39, 0.29) is 0 Å². The Morgan fingerprint density at radius 1 is 0.281 bits per heavy atom. The Hall–Kier alpha value is -7.20. The highest BCUT2D eigenvalue weighted by Crippen LogP contribution is 2.41. The molecule has 11 rings (SSSR count). The van der Waals surface area contributed by atoms with Gasteiger partial charge in [0.1, 0.15) is 0 Å². The molecule has 0 bridgehead atoms. The third kappa shape index (κ3) is 5.97. The van der Waals surface area contributed by atoms with Crippen molar-refractivity contribution in [3.05, 3.63) is 206 Å². The third-order valence-electron chi connectivity index (χ3n) is 11.1. The summed E-state index contributed by atoms with van der Waals surface area (Å²) in [6.07, 6.45) is 0. The molecule has 0 spiro atoms. The minimum absolute atomic E-state index is 0.697. The van der Waals surface area contributed by atoms with Gasteiger partial charge in [-0.1, -0.05) is 164 Å². The van der Waals surface area contributed by atoms with Gasteiger partial charge in [0.2, 0.25) is 0 Å². The van der Waals surface area contributed by atoms with Gasteiger partial charge >= 0.3 is 0 Å². The molecule has 0 unspecified atom stereocenters. The summed E-state index contributed by atoms with van der Waals surface area (Å²) < 4.78 is 2.60. The topological polar surface area (TPSA) is 25.8 Å². The van der Waals surface area contributed by atoms with Crippen LogP contribution in [0.4, 0.5) is 0 Å². The zero-order chi connectivity index (χ0) is 37.7. The average molecular weight is 743 g/mol. The van der Waals surface area contributed by atoms with Crippen molar-refractivity contribution >= 4 is 53.1 Å². The summed E-state index contributed by atoms with van der Waals surface area (Å²) >= 11 is 1.85. The summed E-state index contributed by atoms with van der Waals surface area (Å²) in [4.78, 5) is 10.7. The van der Waals surface area contributed by atoms with Crippen molar-refractivity contribution in [2.75, 3.05) is 0 Å². The summed E-state index contributed by atoms with van der Waals surface area (Å²) in [6, 6.07) is 74.1. The van der Waals surface area contributed by atoms with Crippen molar-refractivity contribution in [1.29, 1.82) is 0 Å². The molecule has 0 N–H and O–H groups in total. The van der Waals surface area contributed by atoms with Gasteiger partial charge in [-0.25, -0.2) is 9.97 Å². The summed E-state index contributed by atoms with van der Waals surface area (Å²) in [6.45, 7) is 0. The Morgan fingerprint density at radius 2 is 0.860 bits per heavy atom. The van der Waals surface area contributed by atoms with E-state index in [0.29, 0.717) is 5.82 Å². The molecule has 0 aliphatic rings. The first-order chi connectivity index (χ1) is 28.2. The normalized spacial score (nSPS) is 11.5. The van der Waals surface area contributed by atoms with Crippen molar-refractivity contribution in [2.45, 2.75) is 0 Å². The van der Waals surface area contributed by atoms with Crippen molar-refractivity contribution in [1.82, 2.24) is 9.97 Å². The summed E-state index contributed by atoms with van der Waals surface area (Å²) in [7, 11) is 0. The van der Waals surface area contributed by atoms with Crippen LogP contribution >= 0.6 is 11.3 Å². The number of aromatic nitrogens is 2. The molecule has 2 nitrogen and oxygen atoms in total. The van der Waals surface area contributed by atoms with Crippen LogP contribution in [0.1, 0.15) is 0 Å². The van der Waals surface area contributed by atoms with Crippen LogP contribution in [0.25, 0.3) is 109 Å². The highest BCUT2D eigenvalue weighted by atomic mass is 32.1. The minimum Gasteiger partial charge on any atom is -0.228 e. The SMILES string of the molecule is c1ccc(-c2nc(-c3cc(-c4ccc5sc6ccccc6c5c4)cc(-c4cccc5ccccc45)c3)cc(-c3ccc(-c4ccccc4)c4ccccc34)n2)cc1. The van der Waals surface area contributed by atoms with Gasteiger partial charge in [-0.2, -0.15) is 0 Å². The molecule has 2 aromatic heterocycles. The Morgan fingerprint density at radius 3 is 1.68 bits per heavy atom.